The third-order valence-corrected chi connectivity index (χ3v) is 15.1. The van der Waals surface area contributed by atoms with Gasteiger partial charge in [-0.3, -0.25) is 9.97 Å². The summed E-state index contributed by atoms with van der Waals surface area (Å²) in [4.78, 5) is 14.3. The number of para-hydroxylation sites is 2. The van der Waals surface area contributed by atoms with Gasteiger partial charge in [0.25, 0.3) is 0 Å². The molecular formula is C52H50GeIrN4O-2. The normalized spacial score (nSPS) is 11.6. The largest absolute Gasteiger partial charge is 0.500 e. The van der Waals surface area contributed by atoms with Crippen LogP contribution < -0.4 is 4.40 Å². The topological polar surface area (TPSA) is 56.7 Å². The number of rotatable bonds is 7. The van der Waals surface area contributed by atoms with E-state index in [2.05, 4.69) is 176 Å². The molecule has 0 aliphatic rings. The Morgan fingerprint density at radius 2 is 1.41 bits per heavy atom. The van der Waals surface area contributed by atoms with Gasteiger partial charge in [-0.15, -0.1) is 18.2 Å². The van der Waals surface area contributed by atoms with E-state index in [1.807, 2.05) is 37.5 Å². The van der Waals surface area contributed by atoms with E-state index in [1.54, 1.807) is 0 Å². The number of hydrogen-bond acceptors (Lipinski definition) is 4. The quantitative estimate of drug-likeness (QED) is 0.118. The number of aromatic nitrogens is 4. The average Bonchev–Trinajstić information content (AvgIpc) is 3.79. The van der Waals surface area contributed by atoms with E-state index in [0.717, 1.165) is 61.3 Å². The zero-order chi connectivity index (χ0) is 40.7. The Bertz CT molecular complexity index is 2860. The Hall–Kier alpha value is -5.14. The molecule has 9 aromatic rings. The third-order valence-electron chi connectivity index (χ3n) is 10.9. The molecule has 0 N–H and O–H groups in total. The van der Waals surface area contributed by atoms with Gasteiger partial charge < -0.3 is 8.98 Å². The minimum Gasteiger partial charge on any atom is -0.500 e. The number of hydrogen-bond donors (Lipinski definition) is 0. The van der Waals surface area contributed by atoms with E-state index < -0.39 is 13.3 Å². The van der Waals surface area contributed by atoms with Crippen molar-refractivity contribution in [3.8, 4) is 39.5 Å². The second kappa shape index (κ2) is 17.2. The van der Waals surface area contributed by atoms with Crippen molar-refractivity contribution in [3.63, 3.8) is 0 Å². The molecule has 0 saturated carbocycles. The molecule has 0 amide bonds. The fraction of sp³-hybridized carbons (Fsp3) is 0.212. The molecule has 0 aliphatic heterocycles. The first-order chi connectivity index (χ1) is 27.9. The van der Waals surface area contributed by atoms with Crippen molar-refractivity contribution in [2.45, 2.75) is 70.6 Å². The first-order valence-corrected chi connectivity index (χ1v) is 27.6. The van der Waals surface area contributed by atoms with Crippen LogP contribution in [-0.2, 0) is 20.1 Å². The Kier molecular flexibility index (Phi) is 12.3. The maximum absolute atomic E-state index is 6.51. The number of imidazole rings is 1. The fourth-order valence-corrected chi connectivity index (χ4v) is 9.77. The van der Waals surface area contributed by atoms with Gasteiger partial charge in [-0.1, -0.05) is 81.1 Å². The van der Waals surface area contributed by atoms with Gasteiger partial charge in [0.15, 0.2) is 0 Å². The van der Waals surface area contributed by atoms with Crippen molar-refractivity contribution < 1.29 is 24.5 Å². The van der Waals surface area contributed by atoms with E-state index >= 15 is 0 Å². The molecule has 5 aromatic carbocycles. The summed E-state index contributed by atoms with van der Waals surface area (Å²) in [7, 11) is 0. The number of benzene rings is 5. The monoisotopic (exact) mass is 1010 g/mol. The molecule has 0 fully saturated rings. The minimum absolute atomic E-state index is 0. The van der Waals surface area contributed by atoms with Crippen molar-refractivity contribution in [2.75, 3.05) is 0 Å². The molecule has 4 heterocycles. The summed E-state index contributed by atoms with van der Waals surface area (Å²) in [6.45, 7) is 13.2. The molecule has 299 valence electrons. The molecule has 0 unspecified atom stereocenters. The summed E-state index contributed by atoms with van der Waals surface area (Å²) in [5, 5.41) is 2.02. The van der Waals surface area contributed by atoms with Gasteiger partial charge in [-0.05, 0) is 65.3 Å². The van der Waals surface area contributed by atoms with Crippen LogP contribution in [0.2, 0.25) is 17.3 Å². The summed E-state index contributed by atoms with van der Waals surface area (Å²) in [5.74, 6) is 8.56. The Labute approximate surface area is 364 Å². The van der Waals surface area contributed by atoms with E-state index in [1.165, 1.54) is 37.9 Å². The van der Waals surface area contributed by atoms with Gasteiger partial charge in [0.1, 0.15) is 5.58 Å². The maximum atomic E-state index is 6.51. The van der Waals surface area contributed by atoms with Gasteiger partial charge in [-0.25, -0.2) is 0 Å². The standard InChI is InChI=1S/C37H32N3O.C15H18GeN.Ir/c1-22(2)29-19-26(25-12-7-6-8-13-25)20-30(23(3)4)35(29)40-33-17-10-9-16-32(33)39-37(40)28-15-11-14-27-31-21-38-24(5)18-34(31)41-36(27)28;1-12-5-7-13(8-6-12)15-10-9-14(11-17-15)16(2,3)4;/h6-14,16-23H,1-5H3;5-7,9-11H,1-4H3;/q2*-1;. The third kappa shape index (κ3) is 8.50. The van der Waals surface area contributed by atoms with Crippen LogP contribution >= 0.6 is 0 Å². The molecule has 0 atom stereocenters. The van der Waals surface area contributed by atoms with Crippen LogP contribution in [0.1, 0.15) is 61.9 Å². The molecule has 0 saturated heterocycles. The summed E-state index contributed by atoms with van der Waals surface area (Å²) in [6, 6.07) is 47.1. The van der Waals surface area contributed by atoms with Crippen LogP contribution in [0.3, 0.4) is 0 Å². The van der Waals surface area contributed by atoms with Gasteiger partial charge in [0.2, 0.25) is 0 Å². The Balaban J connectivity index is 0.000000247. The number of pyridine rings is 2. The van der Waals surface area contributed by atoms with Crippen molar-refractivity contribution in [1.29, 1.82) is 0 Å². The SMILES string of the molecule is Cc1c[c-]c(-c2cc[c]([Ge]([CH3])([CH3])[CH3])cn2)cc1.Cc1cc2oc3c(-c4nc5ccccc5n4-c4c(C(C)C)cc(-c5ccccc5)cc4C(C)C)[c-]ccc3c2cn1.[Ir]. The van der Waals surface area contributed by atoms with Crippen LogP contribution in [0.25, 0.3) is 72.4 Å². The molecular weight excluding hydrogens is 961 g/mol. The molecule has 0 aliphatic carbocycles. The van der Waals surface area contributed by atoms with E-state index in [9.17, 15) is 0 Å². The zero-order valence-corrected chi connectivity index (χ0v) is 39.8. The summed E-state index contributed by atoms with van der Waals surface area (Å²) >= 11 is -1.73. The van der Waals surface area contributed by atoms with Crippen LogP contribution in [0.5, 0.6) is 0 Å². The number of aryl methyl sites for hydroxylation is 2. The molecule has 0 bridgehead atoms. The van der Waals surface area contributed by atoms with Gasteiger partial charge in [0.05, 0.1) is 22.4 Å². The predicted octanol–water partition coefficient (Wildman–Crippen LogP) is 13.4. The smallest absolute Gasteiger partial charge is 0.124 e. The Morgan fingerprint density at radius 1 is 0.695 bits per heavy atom. The molecule has 1 radical (unpaired) electrons. The second-order valence-corrected chi connectivity index (χ2v) is 27.6. The summed E-state index contributed by atoms with van der Waals surface area (Å²) in [6.07, 6.45) is 3.95. The first kappa shape index (κ1) is 42.0. The van der Waals surface area contributed by atoms with Crippen molar-refractivity contribution in [1.82, 2.24) is 19.5 Å². The Morgan fingerprint density at radius 3 is 2.05 bits per heavy atom. The molecule has 5 nitrogen and oxygen atoms in total. The molecule has 7 heteroatoms. The van der Waals surface area contributed by atoms with Gasteiger partial charge in [0, 0.05) is 49.1 Å². The zero-order valence-electron chi connectivity index (χ0n) is 35.3. The minimum atomic E-state index is -1.73. The molecule has 9 rings (SSSR count). The van der Waals surface area contributed by atoms with Crippen LogP contribution in [0, 0.1) is 26.0 Å². The summed E-state index contributed by atoms with van der Waals surface area (Å²) < 4.78 is 10.3. The number of nitrogens with zero attached hydrogens (tertiary/aromatic N) is 4. The van der Waals surface area contributed by atoms with Crippen molar-refractivity contribution >= 4 is 50.6 Å². The van der Waals surface area contributed by atoms with Crippen LogP contribution in [0.4, 0.5) is 0 Å². The van der Waals surface area contributed by atoms with E-state index in [0.29, 0.717) is 11.8 Å². The predicted molar refractivity (Wildman–Crippen MR) is 245 cm³/mol. The van der Waals surface area contributed by atoms with Crippen molar-refractivity contribution in [2.24, 2.45) is 0 Å². The number of fused-ring (bicyclic) bond motifs is 4. The van der Waals surface area contributed by atoms with Gasteiger partial charge in [-0.2, -0.15) is 0 Å². The second-order valence-electron chi connectivity index (χ2n) is 16.9. The maximum Gasteiger partial charge on any atom is 0.124 e. The molecule has 0 spiro atoms. The van der Waals surface area contributed by atoms with Crippen LogP contribution in [0.15, 0.2) is 132 Å². The fourth-order valence-electron chi connectivity index (χ4n) is 7.59. The number of furan rings is 1. The van der Waals surface area contributed by atoms with E-state index in [4.69, 9.17) is 9.40 Å². The first-order valence-electron chi connectivity index (χ1n) is 20.2. The molecule has 4 aromatic heterocycles. The van der Waals surface area contributed by atoms with Crippen molar-refractivity contribution in [3.05, 3.63) is 162 Å². The summed E-state index contributed by atoms with van der Waals surface area (Å²) in [5.41, 5.74) is 14.9. The van der Waals surface area contributed by atoms with E-state index in [-0.39, 0.29) is 20.1 Å². The average molecular weight is 1010 g/mol. The van der Waals surface area contributed by atoms with Crippen LogP contribution in [-0.4, -0.2) is 32.8 Å². The molecule has 59 heavy (non-hydrogen) atoms. The van der Waals surface area contributed by atoms with Gasteiger partial charge >= 0.3 is 106 Å².